The Morgan fingerprint density at radius 1 is 1.14 bits per heavy atom. The van der Waals surface area contributed by atoms with Crippen molar-refractivity contribution in [2.75, 3.05) is 18.1 Å². The monoisotopic (exact) mass is 309 g/mol. The van der Waals surface area contributed by atoms with Gasteiger partial charge in [-0.05, 0) is 36.4 Å². The molecule has 3 nitrogen and oxygen atoms in total. The molecule has 1 aliphatic rings. The highest BCUT2D eigenvalue weighted by Gasteiger charge is 2.25. The molecule has 0 aromatic heterocycles. The molecule has 1 aliphatic heterocycles. The lowest BCUT2D eigenvalue weighted by molar-refractivity contribution is 0.0976. The molecule has 0 bridgehead atoms. The van der Waals surface area contributed by atoms with Crippen LogP contribution >= 0.6 is 11.6 Å². The molecule has 0 saturated heterocycles. The van der Waals surface area contributed by atoms with Crippen LogP contribution in [0.1, 0.15) is 10.4 Å². The SMILES string of the molecule is O=C(c1ccc(F)c(F)c1)N1CCOc2ccc(Cl)cc21. The van der Waals surface area contributed by atoms with Crippen molar-refractivity contribution in [2.45, 2.75) is 0 Å². The summed E-state index contributed by atoms with van der Waals surface area (Å²) in [5, 5.41) is 0.460. The summed E-state index contributed by atoms with van der Waals surface area (Å²) in [5.41, 5.74) is 0.588. The fourth-order valence-electron chi connectivity index (χ4n) is 2.19. The van der Waals surface area contributed by atoms with Crippen molar-refractivity contribution in [3.8, 4) is 5.75 Å². The van der Waals surface area contributed by atoms with Gasteiger partial charge in [-0.1, -0.05) is 11.6 Å². The third kappa shape index (κ3) is 2.56. The van der Waals surface area contributed by atoms with Crippen LogP contribution in [0.25, 0.3) is 0 Å². The quantitative estimate of drug-likeness (QED) is 0.804. The van der Waals surface area contributed by atoms with Gasteiger partial charge in [0, 0.05) is 10.6 Å². The largest absolute Gasteiger partial charge is 0.490 e. The van der Waals surface area contributed by atoms with Crippen molar-refractivity contribution >= 4 is 23.2 Å². The molecular formula is C15H10ClF2NO2. The molecule has 0 atom stereocenters. The Bertz CT molecular complexity index is 721. The molecule has 2 aromatic carbocycles. The summed E-state index contributed by atoms with van der Waals surface area (Å²) in [6, 6.07) is 8.00. The van der Waals surface area contributed by atoms with Crippen molar-refractivity contribution in [3.63, 3.8) is 0 Å². The van der Waals surface area contributed by atoms with Crippen LogP contribution in [0.5, 0.6) is 5.75 Å². The number of benzene rings is 2. The fraction of sp³-hybridized carbons (Fsp3) is 0.133. The number of hydrogen-bond acceptors (Lipinski definition) is 2. The maximum Gasteiger partial charge on any atom is 0.258 e. The zero-order chi connectivity index (χ0) is 15.0. The van der Waals surface area contributed by atoms with Gasteiger partial charge in [0.05, 0.1) is 12.2 Å². The van der Waals surface area contributed by atoms with Crippen molar-refractivity contribution in [2.24, 2.45) is 0 Å². The van der Waals surface area contributed by atoms with Crippen LogP contribution in [0.3, 0.4) is 0 Å². The van der Waals surface area contributed by atoms with Crippen LogP contribution in [-0.2, 0) is 0 Å². The molecule has 0 saturated carbocycles. The molecule has 0 aliphatic carbocycles. The van der Waals surface area contributed by atoms with Crippen LogP contribution in [0.2, 0.25) is 5.02 Å². The van der Waals surface area contributed by atoms with Crippen LogP contribution < -0.4 is 9.64 Å². The Balaban J connectivity index is 1.99. The first-order valence-electron chi connectivity index (χ1n) is 6.25. The van der Waals surface area contributed by atoms with Crippen molar-refractivity contribution in [3.05, 3.63) is 58.6 Å². The molecule has 0 unspecified atom stereocenters. The van der Waals surface area contributed by atoms with Gasteiger partial charge in [-0.3, -0.25) is 4.79 Å². The lowest BCUT2D eigenvalue weighted by Crippen LogP contribution is -2.38. The summed E-state index contributed by atoms with van der Waals surface area (Å²) in [6.45, 7) is 0.634. The highest BCUT2D eigenvalue weighted by Crippen LogP contribution is 2.34. The zero-order valence-electron chi connectivity index (χ0n) is 10.8. The van der Waals surface area contributed by atoms with E-state index in [-0.39, 0.29) is 5.56 Å². The molecule has 1 heterocycles. The summed E-state index contributed by atoms with van der Waals surface area (Å²) in [6.07, 6.45) is 0. The van der Waals surface area contributed by atoms with E-state index < -0.39 is 17.5 Å². The molecule has 21 heavy (non-hydrogen) atoms. The Morgan fingerprint density at radius 3 is 2.71 bits per heavy atom. The van der Waals surface area contributed by atoms with Gasteiger partial charge in [-0.15, -0.1) is 0 Å². The van der Waals surface area contributed by atoms with Gasteiger partial charge in [-0.25, -0.2) is 8.78 Å². The number of carbonyl (C=O) groups excluding carboxylic acids is 1. The summed E-state index contributed by atoms with van der Waals surface area (Å²) >= 11 is 5.94. The van der Waals surface area contributed by atoms with E-state index >= 15 is 0 Å². The molecule has 108 valence electrons. The Hall–Kier alpha value is -2.14. The average Bonchev–Trinajstić information content (AvgIpc) is 2.48. The van der Waals surface area contributed by atoms with Gasteiger partial charge >= 0.3 is 0 Å². The maximum atomic E-state index is 13.3. The van der Waals surface area contributed by atoms with Gasteiger partial charge < -0.3 is 9.64 Å². The number of fused-ring (bicyclic) bond motifs is 1. The minimum absolute atomic E-state index is 0.0710. The second-order valence-corrected chi connectivity index (χ2v) is 4.98. The highest BCUT2D eigenvalue weighted by molar-refractivity contribution is 6.31. The Morgan fingerprint density at radius 2 is 1.95 bits per heavy atom. The van der Waals surface area contributed by atoms with Gasteiger partial charge in [-0.2, -0.15) is 0 Å². The lowest BCUT2D eigenvalue weighted by atomic mass is 10.1. The van der Waals surface area contributed by atoms with E-state index in [1.165, 1.54) is 11.0 Å². The average molecular weight is 310 g/mol. The zero-order valence-corrected chi connectivity index (χ0v) is 11.5. The Kier molecular flexibility index (Phi) is 3.51. The van der Waals surface area contributed by atoms with Crippen LogP contribution in [-0.4, -0.2) is 19.1 Å². The van der Waals surface area contributed by atoms with Crippen LogP contribution in [0.4, 0.5) is 14.5 Å². The van der Waals surface area contributed by atoms with Gasteiger partial charge in [0.15, 0.2) is 11.6 Å². The minimum atomic E-state index is -1.06. The number of amides is 1. The first-order chi connectivity index (χ1) is 10.1. The maximum absolute atomic E-state index is 13.3. The van der Waals surface area contributed by atoms with E-state index in [0.29, 0.717) is 29.6 Å². The van der Waals surface area contributed by atoms with E-state index in [4.69, 9.17) is 16.3 Å². The molecule has 2 aromatic rings. The second kappa shape index (κ2) is 5.33. The van der Waals surface area contributed by atoms with E-state index in [0.717, 1.165) is 12.1 Å². The van der Waals surface area contributed by atoms with Crippen molar-refractivity contribution in [1.82, 2.24) is 0 Å². The number of hydrogen-bond donors (Lipinski definition) is 0. The predicted molar refractivity (Wildman–Crippen MR) is 75.0 cm³/mol. The topological polar surface area (TPSA) is 29.5 Å². The number of carbonyl (C=O) groups is 1. The van der Waals surface area contributed by atoms with E-state index in [9.17, 15) is 13.6 Å². The minimum Gasteiger partial charge on any atom is -0.490 e. The van der Waals surface area contributed by atoms with Gasteiger partial charge in [0.1, 0.15) is 12.4 Å². The highest BCUT2D eigenvalue weighted by atomic mass is 35.5. The number of ether oxygens (including phenoxy) is 1. The fourth-order valence-corrected chi connectivity index (χ4v) is 2.35. The van der Waals surface area contributed by atoms with Crippen LogP contribution in [0, 0.1) is 11.6 Å². The van der Waals surface area contributed by atoms with Gasteiger partial charge in [0.25, 0.3) is 5.91 Å². The number of rotatable bonds is 1. The molecule has 1 amide bonds. The Labute approximate surface area is 124 Å². The summed E-state index contributed by atoms with van der Waals surface area (Å²) < 4.78 is 31.7. The van der Waals surface area contributed by atoms with Crippen molar-refractivity contribution in [1.29, 1.82) is 0 Å². The number of halogens is 3. The molecule has 0 fully saturated rings. The standard InChI is InChI=1S/C15H10ClF2NO2/c16-10-2-4-14-13(8-10)19(5-6-21-14)15(20)9-1-3-11(17)12(18)7-9/h1-4,7-8H,5-6H2. The predicted octanol–water partition coefficient (Wildman–Crippen LogP) is 3.66. The summed E-state index contributed by atoms with van der Waals surface area (Å²) in [4.78, 5) is 13.9. The smallest absolute Gasteiger partial charge is 0.258 e. The summed E-state index contributed by atoms with van der Waals surface area (Å²) in [5.74, 6) is -1.94. The third-order valence-corrected chi connectivity index (χ3v) is 3.43. The summed E-state index contributed by atoms with van der Waals surface area (Å²) in [7, 11) is 0. The second-order valence-electron chi connectivity index (χ2n) is 4.55. The molecule has 0 spiro atoms. The first-order valence-corrected chi connectivity index (χ1v) is 6.63. The molecule has 6 heteroatoms. The van der Waals surface area contributed by atoms with E-state index in [2.05, 4.69) is 0 Å². The molecule has 3 rings (SSSR count). The van der Waals surface area contributed by atoms with Crippen molar-refractivity contribution < 1.29 is 18.3 Å². The van der Waals surface area contributed by atoms with Gasteiger partial charge in [0.2, 0.25) is 0 Å². The van der Waals surface area contributed by atoms with Crippen LogP contribution in [0.15, 0.2) is 36.4 Å². The molecule has 0 radical (unpaired) electrons. The number of anilines is 1. The van der Waals surface area contributed by atoms with E-state index in [1.807, 2.05) is 0 Å². The lowest BCUT2D eigenvalue weighted by Gasteiger charge is -2.29. The van der Waals surface area contributed by atoms with E-state index in [1.54, 1.807) is 18.2 Å². The molecule has 0 N–H and O–H groups in total. The normalized spacial score (nSPS) is 13.6. The first kappa shape index (κ1) is 13.8. The third-order valence-electron chi connectivity index (χ3n) is 3.20. The molecular weight excluding hydrogens is 300 g/mol. The number of nitrogens with zero attached hydrogens (tertiary/aromatic N) is 1.